The van der Waals surface area contributed by atoms with Crippen molar-refractivity contribution in [1.29, 1.82) is 0 Å². The fourth-order valence-corrected chi connectivity index (χ4v) is 2.80. The van der Waals surface area contributed by atoms with Gasteiger partial charge in [-0.05, 0) is 37.0 Å². The van der Waals surface area contributed by atoms with Gasteiger partial charge in [-0.25, -0.2) is 13.1 Å². The summed E-state index contributed by atoms with van der Waals surface area (Å²) in [5.41, 5.74) is 1.18. The average molecular weight is 285 g/mol. The first kappa shape index (κ1) is 16.1. The van der Waals surface area contributed by atoms with Crippen molar-refractivity contribution in [3.63, 3.8) is 0 Å². The fourth-order valence-electron chi connectivity index (χ4n) is 1.72. The van der Waals surface area contributed by atoms with E-state index >= 15 is 0 Å². The molecule has 0 bridgehead atoms. The molecule has 0 aromatic heterocycles. The van der Waals surface area contributed by atoms with E-state index in [-0.39, 0.29) is 0 Å². The van der Waals surface area contributed by atoms with Crippen molar-refractivity contribution in [2.45, 2.75) is 37.5 Å². The highest BCUT2D eigenvalue weighted by Crippen LogP contribution is 2.12. The Kier molecular flexibility index (Phi) is 7.05. The van der Waals surface area contributed by atoms with E-state index in [1.54, 1.807) is 19.2 Å². The number of ether oxygens (including phenoxy) is 1. The summed E-state index contributed by atoms with van der Waals surface area (Å²) in [5, 5.41) is 0. The van der Waals surface area contributed by atoms with E-state index in [0.717, 1.165) is 19.3 Å². The van der Waals surface area contributed by atoms with Crippen molar-refractivity contribution in [1.82, 2.24) is 4.72 Å². The van der Waals surface area contributed by atoms with Crippen LogP contribution in [0.4, 0.5) is 0 Å². The molecule has 0 fully saturated rings. The van der Waals surface area contributed by atoms with E-state index in [4.69, 9.17) is 4.74 Å². The van der Waals surface area contributed by atoms with Crippen molar-refractivity contribution in [2.24, 2.45) is 0 Å². The molecular formula is C14H23NO3S. The summed E-state index contributed by atoms with van der Waals surface area (Å²) >= 11 is 0. The van der Waals surface area contributed by atoms with Gasteiger partial charge in [-0.3, -0.25) is 0 Å². The maximum absolute atomic E-state index is 12.0. The van der Waals surface area contributed by atoms with Gasteiger partial charge in [0.15, 0.2) is 0 Å². The molecule has 0 saturated carbocycles. The number of methoxy groups -OCH3 is 1. The van der Waals surface area contributed by atoms with Gasteiger partial charge in [-0.15, -0.1) is 0 Å². The van der Waals surface area contributed by atoms with Crippen LogP contribution in [0, 0.1) is 0 Å². The molecule has 1 rings (SSSR count). The van der Waals surface area contributed by atoms with Crippen LogP contribution in [0.25, 0.3) is 0 Å². The van der Waals surface area contributed by atoms with Crippen LogP contribution < -0.4 is 4.72 Å². The normalized spacial score (nSPS) is 11.7. The lowest BCUT2D eigenvalue weighted by atomic mass is 10.1. The first-order valence-electron chi connectivity index (χ1n) is 6.67. The topological polar surface area (TPSA) is 55.4 Å². The molecule has 1 N–H and O–H groups in total. The summed E-state index contributed by atoms with van der Waals surface area (Å²) in [6.45, 7) is 3.09. The molecule has 0 unspecified atom stereocenters. The Balaban J connectivity index is 2.58. The highest BCUT2D eigenvalue weighted by Gasteiger charge is 2.12. The minimum atomic E-state index is -3.38. The lowest BCUT2D eigenvalue weighted by Crippen LogP contribution is -2.25. The lowest BCUT2D eigenvalue weighted by molar-refractivity contribution is 0.196. The maximum atomic E-state index is 12.0. The zero-order chi connectivity index (χ0) is 14.1. The third kappa shape index (κ3) is 5.72. The molecule has 4 nitrogen and oxygen atoms in total. The summed E-state index contributed by atoms with van der Waals surface area (Å²) < 4.78 is 31.4. The second-order valence-electron chi connectivity index (χ2n) is 4.49. The monoisotopic (exact) mass is 285 g/mol. The standard InChI is InChI=1S/C14H23NO3S/c1-3-4-6-13-7-9-14(10-8-13)19(16,17)15-11-5-12-18-2/h7-10,15H,3-6,11-12H2,1-2H3. The first-order chi connectivity index (χ1) is 9.10. The molecule has 0 aliphatic carbocycles. The van der Waals surface area contributed by atoms with Gasteiger partial charge in [0.2, 0.25) is 10.0 Å². The smallest absolute Gasteiger partial charge is 0.240 e. The Morgan fingerprint density at radius 1 is 1.16 bits per heavy atom. The van der Waals surface area contributed by atoms with Crippen LogP contribution >= 0.6 is 0 Å². The van der Waals surface area contributed by atoms with E-state index in [0.29, 0.717) is 24.5 Å². The Hall–Kier alpha value is -0.910. The first-order valence-corrected chi connectivity index (χ1v) is 8.16. The Labute approximate surface area is 116 Å². The number of unbranched alkanes of at least 4 members (excludes halogenated alkanes) is 1. The molecule has 1 aromatic carbocycles. The molecule has 0 heterocycles. The number of rotatable bonds is 9. The van der Waals surface area contributed by atoms with Gasteiger partial charge in [-0.1, -0.05) is 25.5 Å². The largest absolute Gasteiger partial charge is 0.385 e. The van der Waals surface area contributed by atoms with Crippen LogP contribution in [-0.2, 0) is 21.2 Å². The average Bonchev–Trinajstić information content (AvgIpc) is 2.42. The molecule has 1 aromatic rings. The summed E-state index contributed by atoms with van der Waals surface area (Å²) in [6, 6.07) is 7.12. The minimum absolute atomic E-state index is 0.324. The van der Waals surface area contributed by atoms with Crippen molar-refractivity contribution < 1.29 is 13.2 Å². The van der Waals surface area contributed by atoms with Crippen LogP contribution in [0.15, 0.2) is 29.2 Å². The number of hydrogen-bond donors (Lipinski definition) is 1. The van der Waals surface area contributed by atoms with Crippen LogP contribution in [-0.4, -0.2) is 28.7 Å². The van der Waals surface area contributed by atoms with E-state index in [1.807, 2.05) is 12.1 Å². The van der Waals surface area contributed by atoms with Crippen molar-refractivity contribution in [3.05, 3.63) is 29.8 Å². The van der Waals surface area contributed by atoms with Gasteiger partial charge < -0.3 is 4.74 Å². The van der Waals surface area contributed by atoms with Crippen LogP contribution in [0.5, 0.6) is 0 Å². The Bertz CT molecular complexity index is 454. The molecule has 0 atom stereocenters. The third-order valence-corrected chi connectivity index (χ3v) is 4.35. The highest BCUT2D eigenvalue weighted by atomic mass is 32.2. The number of benzene rings is 1. The maximum Gasteiger partial charge on any atom is 0.240 e. The molecule has 0 radical (unpaired) electrons. The molecule has 108 valence electrons. The molecule has 19 heavy (non-hydrogen) atoms. The van der Waals surface area contributed by atoms with E-state index in [1.165, 1.54) is 5.56 Å². The van der Waals surface area contributed by atoms with Crippen LogP contribution in [0.3, 0.4) is 0 Å². The molecule has 0 saturated heterocycles. The van der Waals surface area contributed by atoms with Crippen molar-refractivity contribution >= 4 is 10.0 Å². The summed E-state index contributed by atoms with van der Waals surface area (Å²) in [7, 11) is -1.78. The summed E-state index contributed by atoms with van der Waals surface area (Å²) in [5.74, 6) is 0. The Morgan fingerprint density at radius 3 is 2.42 bits per heavy atom. The van der Waals surface area contributed by atoms with Crippen molar-refractivity contribution in [2.75, 3.05) is 20.3 Å². The van der Waals surface area contributed by atoms with Gasteiger partial charge in [0, 0.05) is 20.3 Å². The second-order valence-corrected chi connectivity index (χ2v) is 6.26. The summed E-state index contributed by atoms with van der Waals surface area (Å²) in [4.78, 5) is 0.324. The van der Waals surface area contributed by atoms with Gasteiger partial charge in [-0.2, -0.15) is 0 Å². The van der Waals surface area contributed by atoms with Gasteiger partial charge in [0.25, 0.3) is 0 Å². The van der Waals surface area contributed by atoms with Crippen LogP contribution in [0.2, 0.25) is 0 Å². The zero-order valence-corrected chi connectivity index (χ0v) is 12.5. The Morgan fingerprint density at radius 2 is 1.84 bits per heavy atom. The molecular weight excluding hydrogens is 262 g/mol. The second kappa shape index (κ2) is 8.30. The van der Waals surface area contributed by atoms with Crippen molar-refractivity contribution in [3.8, 4) is 0 Å². The lowest BCUT2D eigenvalue weighted by Gasteiger charge is -2.07. The molecule has 0 spiro atoms. The van der Waals surface area contributed by atoms with Gasteiger partial charge in [0.05, 0.1) is 4.90 Å². The molecule has 0 amide bonds. The van der Waals surface area contributed by atoms with Gasteiger partial charge in [0.1, 0.15) is 0 Å². The SMILES string of the molecule is CCCCc1ccc(S(=O)(=O)NCCCOC)cc1. The zero-order valence-electron chi connectivity index (χ0n) is 11.7. The molecule has 0 aliphatic heterocycles. The minimum Gasteiger partial charge on any atom is -0.385 e. The number of aryl methyl sites for hydroxylation is 1. The third-order valence-electron chi connectivity index (χ3n) is 2.87. The number of hydrogen-bond acceptors (Lipinski definition) is 3. The summed E-state index contributed by atoms with van der Waals surface area (Å²) in [6.07, 6.45) is 3.94. The molecule has 5 heteroatoms. The predicted molar refractivity (Wildman–Crippen MR) is 76.7 cm³/mol. The predicted octanol–water partition coefficient (Wildman–Crippen LogP) is 2.34. The van der Waals surface area contributed by atoms with E-state index in [9.17, 15) is 8.42 Å². The molecule has 0 aliphatic rings. The highest BCUT2D eigenvalue weighted by molar-refractivity contribution is 7.89. The van der Waals surface area contributed by atoms with E-state index in [2.05, 4.69) is 11.6 Å². The van der Waals surface area contributed by atoms with Crippen LogP contribution in [0.1, 0.15) is 31.7 Å². The number of nitrogens with one attached hydrogen (secondary N) is 1. The fraction of sp³-hybridized carbons (Fsp3) is 0.571. The van der Waals surface area contributed by atoms with E-state index < -0.39 is 10.0 Å². The van der Waals surface area contributed by atoms with Gasteiger partial charge >= 0.3 is 0 Å². The quantitative estimate of drug-likeness (QED) is 0.709. The number of sulfonamides is 1.